The molecule has 1 N–H and O–H groups in total. The summed E-state index contributed by atoms with van der Waals surface area (Å²) in [4.78, 5) is 16.9. The number of carbonyl (C=O) groups excluding carboxylic acids is 1. The maximum atomic E-state index is 12.5. The molecule has 0 aliphatic heterocycles. The lowest BCUT2D eigenvalue weighted by atomic mass is 10.0. The SMILES string of the molecule is CCOC(=O)c1nc(-c2cn(Cc3ccccc3)nn2)c2c(-c3ccccc3)noc2c1O. The number of fused-ring (bicyclic) bond motifs is 1. The molecule has 0 saturated carbocycles. The summed E-state index contributed by atoms with van der Waals surface area (Å²) < 4.78 is 12.2. The smallest absolute Gasteiger partial charge is 0.360 e. The van der Waals surface area contributed by atoms with Gasteiger partial charge in [-0.05, 0) is 12.5 Å². The van der Waals surface area contributed by atoms with Gasteiger partial charge in [-0.2, -0.15) is 0 Å². The summed E-state index contributed by atoms with van der Waals surface area (Å²) >= 11 is 0. The van der Waals surface area contributed by atoms with Crippen LogP contribution in [0.3, 0.4) is 0 Å². The van der Waals surface area contributed by atoms with Crippen LogP contribution in [-0.2, 0) is 11.3 Å². The second-order valence-corrected chi connectivity index (χ2v) is 7.27. The third-order valence-electron chi connectivity index (χ3n) is 5.08. The molecule has 9 heteroatoms. The Morgan fingerprint density at radius 2 is 1.79 bits per heavy atom. The number of esters is 1. The molecular formula is C24H19N5O4. The van der Waals surface area contributed by atoms with Gasteiger partial charge in [-0.1, -0.05) is 71.0 Å². The lowest BCUT2D eigenvalue weighted by Crippen LogP contribution is -2.08. The van der Waals surface area contributed by atoms with Crippen molar-refractivity contribution in [3.8, 4) is 28.4 Å². The first-order valence-electron chi connectivity index (χ1n) is 10.3. The maximum Gasteiger partial charge on any atom is 0.360 e. The van der Waals surface area contributed by atoms with E-state index in [2.05, 4.69) is 20.5 Å². The van der Waals surface area contributed by atoms with Crippen molar-refractivity contribution in [1.82, 2.24) is 25.1 Å². The topological polar surface area (TPSA) is 116 Å². The number of nitrogens with zero attached hydrogens (tertiary/aromatic N) is 5. The second kappa shape index (κ2) is 8.54. The van der Waals surface area contributed by atoms with E-state index in [-0.39, 0.29) is 17.9 Å². The Bertz CT molecular complexity index is 1430. The fourth-order valence-corrected chi connectivity index (χ4v) is 3.57. The van der Waals surface area contributed by atoms with Gasteiger partial charge in [-0.3, -0.25) is 0 Å². The molecule has 3 heterocycles. The van der Waals surface area contributed by atoms with E-state index >= 15 is 0 Å². The average Bonchev–Trinajstić information content (AvgIpc) is 3.49. The van der Waals surface area contributed by atoms with Gasteiger partial charge < -0.3 is 14.4 Å². The van der Waals surface area contributed by atoms with Crippen molar-refractivity contribution in [2.24, 2.45) is 0 Å². The first-order valence-corrected chi connectivity index (χ1v) is 10.3. The lowest BCUT2D eigenvalue weighted by Gasteiger charge is -2.07. The van der Waals surface area contributed by atoms with Crippen LogP contribution in [0.25, 0.3) is 33.6 Å². The van der Waals surface area contributed by atoms with Gasteiger partial charge in [0, 0.05) is 5.56 Å². The summed E-state index contributed by atoms with van der Waals surface area (Å²) in [5, 5.41) is 23.8. The van der Waals surface area contributed by atoms with Crippen LogP contribution in [0.5, 0.6) is 5.75 Å². The van der Waals surface area contributed by atoms with Crippen molar-refractivity contribution in [1.29, 1.82) is 0 Å². The summed E-state index contributed by atoms with van der Waals surface area (Å²) in [6.07, 6.45) is 1.72. The molecule has 3 aromatic heterocycles. The summed E-state index contributed by atoms with van der Waals surface area (Å²) in [7, 11) is 0. The van der Waals surface area contributed by atoms with E-state index in [1.54, 1.807) is 17.8 Å². The molecule has 0 aliphatic carbocycles. The van der Waals surface area contributed by atoms with Crippen LogP contribution in [0.1, 0.15) is 23.0 Å². The highest BCUT2D eigenvalue weighted by atomic mass is 16.5. The van der Waals surface area contributed by atoms with E-state index in [0.29, 0.717) is 29.0 Å². The van der Waals surface area contributed by atoms with Crippen molar-refractivity contribution in [2.45, 2.75) is 13.5 Å². The van der Waals surface area contributed by atoms with Crippen molar-refractivity contribution in [3.05, 3.63) is 78.1 Å². The zero-order chi connectivity index (χ0) is 22.8. The van der Waals surface area contributed by atoms with Crippen LogP contribution in [0.2, 0.25) is 0 Å². The van der Waals surface area contributed by atoms with Crippen molar-refractivity contribution < 1.29 is 19.2 Å². The predicted molar refractivity (Wildman–Crippen MR) is 119 cm³/mol. The highest BCUT2D eigenvalue weighted by Crippen LogP contribution is 2.40. The number of hydrogen-bond donors (Lipinski definition) is 1. The number of carbonyl (C=O) groups is 1. The highest BCUT2D eigenvalue weighted by Gasteiger charge is 2.28. The van der Waals surface area contributed by atoms with E-state index in [4.69, 9.17) is 9.26 Å². The number of aromatic hydroxyl groups is 1. The molecule has 164 valence electrons. The molecule has 0 radical (unpaired) electrons. The molecular weight excluding hydrogens is 422 g/mol. The molecule has 0 aliphatic rings. The molecule has 5 rings (SSSR count). The van der Waals surface area contributed by atoms with E-state index in [0.717, 1.165) is 11.1 Å². The fraction of sp³-hybridized carbons (Fsp3) is 0.125. The molecule has 9 nitrogen and oxygen atoms in total. The molecule has 0 amide bonds. The Balaban J connectivity index is 1.68. The number of ether oxygens (including phenoxy) is 1. The largest absolute Gasteiger partial charge is 0.502 e. The number of benzene rings is 2. The molecule has 2 aromatic carbocycles. The van der Waals surface area contributed by atoms with Gasteiger partial charge in [0.05, 0.1) is 24.7 Å². The third-order valence-corrected chi connectivity index (χ3v) is 5.08. The summed E-state index contributed by atoms with van der Waals surface area (Å²) in [5.74, 6) is -1.20. The molecule has 0 fully saturated rings. The Morgan fingerprint density at radius 1 is 1.06 bits per heavy atom. The van der Waals surface area contributed by atoms with Gasteiger partial charge in [0.15, 0.2) is 11.4 Å². The third kappa shape index (κ3) is 3.80. The summed E-state index contributed by atoms with van der Waals surface area (Å²) in [5.41, 5.74) is 2.76. The Morgan fingerprint density at radius 3 is 2.52 bits per heavy atom. The minimum atomic E-state index is -0.771. The van der Waals surface area contributed by atoms with Gasteiger partial charge in [0.1, 0.15) is 17.1 Å². The molecule has 0 saturated heterocycles. The standard InChI is InChI=1S/C24H19N5O4/c1-2-32-24(31)21-22(30)23-18(19(27-33-23)16-11-7-4-8-12-16)20(25-21)17-14-29(28-26-17)13-15-9-5-3-6-10-15/h3-12,14,30H,2,13H2,1H3. The Hall–Kier alpha value is -4.53. The predicted octanol–water partition coefficient (Wildman–Crippen LogP) is 4.08. The molecule has 33 heavy (non-hydrogen) atoms. The van der Waals surface area contributed by atoms with E-state index in [1.807, 2.05) is 60.7 Å². The fourth-order valence-electron chi connectivity index (χ4n) is 3.57. The number of aromatic nitrogens is 5. The minimum Gasteiger partial charge on any atom is -0.502 e. The molecule has 0 spiro atoms. The van der Waals surface area contributed by atoms with Gasteiger partial charge in [-0.25, -0.2) is 14.5 Å². The lowest BCUT2D eigenvalue weighted by molar-refractivity contribution is 0.0516. The molecule has 5 aromatic rings. The quantitative estimate of drug-likeness (QED) is 0.392. The van der Waals surface area contributed by atoms with Crippen LogP contribution < -0.4 is 0 Å². The molecule has 0 unspecified atom stereocenters. The van der Waals surface area contributed by atoms with E-state index in [1.165, 1.54) is 0 Å². The Kier molecular flexibility index (Phi) is 5.27. The first kappa shape index (κ1) is 20.4. The monoisotopic (exact) mass is 441 g/mol. The van der Waals surface area contributed by atoms with Crippen molar-refractivity contribution in [2.75, 3.05) is 6.61 Å². The normalized spacial score (nSPS) is 11.1. The summed E-state index contributed by atoms with van der Waals surface area (Å²) in [6.45, 7) is 2.31. The molecule has 0 atom stereocenters. The number of hydrogen-bond acceptors (Lipinski definition) is 8. The minimum absolute atomic E-state index is 0.0273. The van der Waals surface area contributed by atoms with Crippen LogP contribution in [0.4, 0.5) is 0 Å². The van der Waals surface area contributed by atoms with Crippen LogP contribution in [0, 0.1) is 0 Å². The maximum absolute atomic E-state index is 12.5. The van der Waals surface area contributed by atoms with Gasteiger partial charge in [0.25, 0.3) is 0 Å². The Labute approximate surface area is 188 Å². The molecule has 0 bridgehead atoms. The zero-order valence-corrected chi connectivity index (χ0v) is 17.7. The number of rotatable bonds is 6. The van der Waals surface area contributed by atoms with Crippen LogP contribution in [-0.4, -0.2) is 42.8 Å². The van der Waals surface area contributed by atoms with Gasteiger partial charge >= 0.3 is 5.97 Å². The van der Waals surface area contributed by atoms with Crippen molar-refractivity contribution in [3.63, 3.8) is 0 Å². The first-order chi connectivity index (χ1) is 16.2. The van der Waals surface area contributed by atoms with E-state index in [9.17, 15) is 9.90 Å². The van der Waals surface area contributed by atoms with E-state index < -0.39 is 11.7 Å². The number of pyridine rings is 1. The summed E-state index contributed by atoms with van der Waals surface area (Å²) in [6, 6.07) is 19.2. The zero-order valence-electron chi connectivity index (χ0n) is 17.7. The van der Waals surface area contributed by atoms with Crippen LogP contribution in [0.15, 0.2) is 71.4 Å². The van der Waals surface area contributed by atoms with Crippen molar-refractivity contribution >= 4 is 16.9 Å². The average molecular weight is 441 g/mol. The van der Waals surface area contributed by atoms with Gasteiger partial charge in [-0.15, -0.1) is 5.10 Å². The highest BCUT2D eigenvalue weighted by molar-refractivity contribution is 6.07. The van der Waals surface area contributed by atoms with Crippen LogP contribution >= 0.6 is 0 Å². The second-order valence-electron chi connectivity index (χ2n) is 7.27. The van der Waals surface area contributed by atoms with Gasteiger partial charge in [0.2, 0.25) is 5.58 Å².